The minimum atomic E-state index is 0.388. The second kappa shape index (κ2) is 7.29. The highest BCUT2D eigenvalue weighted by Gasteiger charge is 2.03. The summed E-state index contributed by atoms with van der Waals surface area (Å²) >= 11 is 0. The predicted octanol–water partition coefficient (Wildman–Crippen LogP) is 2.35. The van der Waals surface area contributed by atoms with E-state index in [0.717, 1.165) is 25.2 Å². The second-order valence-electron chi connectivity index (χ2n) is 3.44. The van der Waals surface area contributed by atoms with Gasteiger partial charge in [0.05, 0.1) is 12.3 Å². The van der Waals surface area contributed by atoms with Crippen molar-refractivity contribution in [3.8, 4) is 6.08 Å². The van der Waals surface area contributed by atoms with Gasteiger partial charge < -0.3 is 14.5 Å². The molecule has 15 heavy (non-hydrogen) atoms. The van der Waals surface area contributed by atoms with Crippen LogP contribution in [0.3, 0.4) is 0 Å². The number of ether oxygens (including phenoxy) is 1. The van der Waals surface area contributed by atoms with Crippen LogP contribution >= 0.6 is 0 Å². The first-order chi connectivity index (χ1) is 7.36. The number of rotatable bonds is 8. The molecular formula is C11H20N2O2. The summed E-state index contributed by atoms with van der Waals surface area (Å²) in [6.07, 6.45) is 5.46. The Bertz CT molecular complexity index is 261. The van der Waals surface area contributed by atoms with Crippen LogP contribution in [0.1, 0.15) is 38.8 Å². The normalized spacial score (nSPS) is 10.5. The molecule has 1 heterocycles. The monoisotopic (exact) mass is 212 g/mol. The molecule has 4 heteroatoms. The SMILES string of the molecule is CCCCCOc1nc(CNCC)co1. The molecule has 1 aromatic heterocycles. The van der Waals surface area contributed by atoms with Crippen molar-refractivity contribution in [2.45, 2.75) is 39.7 Å². The third-order valence-corrected chi connectivity index (χ3v) is 2.06. The Labute approximate surface area is 91.0 Å². The summed E-state index contributed by atoms with van der Waals surface area (Å²) in [5.41, 5.74) is 0.891. The maximum Gasteiger partial charge on any atom is 0.393 e. The average Bonchev–Trinajstić information content (AvgIpc) is 2.69. The molecule has 0 spiro atoms. The van der Waals surface area contributed by atoms with Gasteiger partial charge in [-0.25, -0.2) is 0 Å². The van der Waals surface area contributed by atoms with E-state index in [0.29, 0.717) is 12.7 Å². The third-order valence-electron chi connectivity index (χ3n) is 2.06. The lowest BCUT2D eigenvalue weighted by atomic mass is 10.3. The minimum Gasteiger partial charge on any atom is -0.450 e. The molecule has 86 valence electrons. The molecule has 4 nitrogen and oxygen atoms in total. The Hall–Kier alpha value is -1.03. The van der Waals surface area contributed by atoms with E-state index in [1.54, 1.807) is 6.26 Å². The van der Waals surface area contributed by atoms with Crippen molar-refractivity contribution in [1.29, 1.82) is 0 Å². The number of nitrogens with zero attached hydrogens (tertiary/aromatic N) is 1. The third kappa shape index (κ3) is 4.83. The average molecular weight is 212 g/mol. The van der Waals surface area contributed by atoms with Gasteiger partial charge in [-0.15, -0.1) is 0 Å². The molecule has 1 rings (SSSR count). The number of oxazole rings is 1. The number of unbranched alkanes of at least 4 members (excludes halogenated alkanes) is 2. The van der Waals surface area contributed by atoms with E-state index < -0.39 is 0 Å². The largest absolute Gasteiger partial charge is 0.450 e. The Morgan fingerprint density at radius 1 is 1.40 bits per heavy atom. The van der Waals surface area contributed by atoms with Crippen molar-refractivity contribution >= 4 is 0 Å². The van der Waals surface area contributed by atoms with E-state index in [9.17, 15) is 0 Å². The first kappa shape index (κ1) is 12.0. The quantitative estimate of drug-likeness (QED) is 0.672. The van der Waals surface area contributed by atoms with Crippen LogP contribution in [0.4, 0.5) is 0 Å². The highest BCUT2D eigenvalue weighted by Crippen LogP contribution is 2.10. The molecule has 0 aliphatic heterocycles. The molecule has 0 unspecified atom stereocenters. The molecule has 0 aliphatic rings. The lowest BCUT2D eigenvalue weighted by Crippen LogP contribution is -2.11. The van der Waals surface area contributed by atoms with Gasteiger partial charge in [-0.3, -0.25) is 0 Å². The fourth-order valence-corrected chi connectivity index (χ4v) is 1.20. The van der Waals surface area contributed by atoms with Crippen LogP contribution in [0.5, 0.6) is 6.08 Å². The first-order valence-corrected chi connectivity index (χ1v) is 5.64. The molecule has 0 saturated carbocycles. The van der Waals surface area contributed by atoms with E-state index in [1.165, 1.54) is 12.8 Å². The molecule has 1 N–H and O–H groups in total. The summed E-state index contributed by atoms with van der Waals surface area (Å²) < 4.78 is 10.5. The standard InChI is InChI=1S/C11H20N2O2/c1-3-5-6-7-14-11-13-10(9-15-11)8-12-4-2/h9,12H,3-8H2,1-2H3. The van der Waals surface area contributed by atoms with Gasteiger partial charge in [0.1, 0.15) is 6.26 Å². The summed E-state index contributed by atoms with van der Waals surface area (Å²) in [6.45, 7) is 6.58. The maximum absolute atomic E-state index is 5.36. The lowest BCUT2D eigenvalue weighted by Gasteiger charge is -1.99. The summed E-state index contributed by atoms with van der Waals surface area (Å²) in [6, 6.07) is 0. The van der Waals surface area contributed by atoms with Crippen LogP contribution in [0.15, 0.2) is 10.7 Å². The van der Waals surface area contributed by atoms with Crippen molar-refractivity contribution in [2.75, 3.05) is 13.2 Å². The second-order valence-corrected chi connectivity index (χ2v) is 3.44. The van der Waals surface area contributed by atoms with E-state index in [1.807, 2.05) is 0 Å². The van der Waals surface area contributed by atoms with Gasteiger partial charge in [0.2, 0.25) is 0 Å². The zero-order valence-electron chi connectivity index (χ0n) is 9.58. The van der Waals surface area contributed by atoms with Crippen LogP contribution in [0.2, 0.25) is 0 Å². The van der Waals surface area contributed by atoms with Crippen LogP contribution < -0.4 is 10.1 Å². The van der Waals surface area contributed by atoms with Gasteiger partial charge >= 0.3 is 6.08 Å². The highest BCUT2D eigenvalue weighted by molar-refractivity contribution is 4.99. The van der Waals surface area contributed by atoms with Crippen LogP contribution in [-0.2, 0) is 6.54 Å². The van der Waals surface area contributed by atoms with Gasteiger partial charge in [-0.1, -0.05) is 26.7 Å². The van der Waals surface area contributed by atoms with Gasteiger partial charge in [0.25, 0.3) is 0 Å². The zero-order valence-corrected chi connectivity index (χ0v) is 9.58. The van der Waals surface area contributed by atoms with Crippen molar-refractivity contribution in [3.05, 3.63) is 12.0 Å². The Balaban J connectivity index is 2.20. The Morgan fingerprint density at radius 2 is 2.27 bits per heavy atom. The topological polar surface area (TPSA) is 47.3 Å². The van der Waals surface area contributed by atoms with Gasteiger partial charge in [-0.2, -0.15) is 4.98 Å². The molecule has 0 atom stereocenters. The first-order valence-electron chi connectivity index (χ1n) is 5.64. The predicted molar refractivity (Wildman–Crippen MR) is 58.9 cm³/mol. The van der Waals surface area contributed by atoms with E-state index in [-0.39, 0.29) is 0 Å². The number of nitrogens with one attached hydrogen (secondary N) is 1. The van der Waals surface area contributed by atoms with Crippen LogP contribution in [0, 0.1) is 0 Å². The van der Waals surface area contributed by atoms with Gasteiger partial charge in [-0.05, 0) is 13.0 Å². The van der Waals surface area contributed by atoms with Crippen LogP contribution in [0.25, 0.3) is 0 Å². The van der Waals surface area contributed by atoms with Gasteiger partial charge in [0, 0.05) is 6.54 Å². The van der Waals surface area contributed by atoms with Crippen molar-refractivity contribution in [2.24, 2.45) is 0 Å². The van der Waals surface area contributed by atoms with Gasteiger partial charge in [0.15, 0.2) is 0 Å². The smallest absolute Gasteiger partial charge is 0.393 e. The van der Waals surface area contributed by atoms with Crippen molar-refractivity contribution in [3.63, 3.8) is 0 Å². The molecule has 1 aromatic rings. The summed E-state index contributed by atoms with van der Waals surface area (Å²) in [7, 11) is 0. The molecular weight excluding hydrogens is 192 g/mol. The zero-order chi connectivity index (χ0) is 10.9. The van der Waals surface area contributed by atoms with Crippen LogP contribution in [-0.4, -0.2) is 18.1 Å². The highest BCUT2D eigenvalue weighted by atomic mass is 16.6. The molecule has 0 radical (unpaired) electrons. The number of hydrogen-bond acceptors (Lipinski definition) is 4. The Morgan fingerprint density at radius 3 is 3.00 bits per heavy atom. The van der Waals surface area contributed by atoms with Crippen molar-refractivity contribution in [1.82, 2.24) is 10.3 Å². The molecule has 0 saturated heterocycles. The summed E-state index contributed by atoms with van der Waals surface area (Å²) in [5, 5.41) is 3.18. The molecule has 0 amide bonds. The number of hydrogen-bond donors (Lipinski definition) is 1. The number of aromatic nitrogens is 1. The lowest BCUT2D eigenvalue weighted by molar-refractivity contribution is 0.224. The van der Waals surface area contributed by atoms with E-state index >= 15 is 0 Å². The van der Waals surface area contributed by atoms with E-state index in [2.05, 4.69) is 24.1 Å². The molecule has 0 aliphatic carbocycles. The maximum atomic E-state index is 5.36. The fourth-order valence-electron chi connectivity index (χ4n) is 1.20. The summed E-state index contributed by atoms with van der Waals surface area (Å²) in [4.78, 5) is 4.19. The Kier molecular flexibility index (Phi) is 5.85. The molecule has 0 aromatic carbocycles. The fraction of sp³-hybridized carbons (Fsp3) is 0.727. The van der Waals surface area contributed by atoms with Crippen molar-refractivity contribution < 1.29 is 9.15 Å². The van der Waals surface area contributed by atoms with E-state index in [4.69, 9.17) is 9.15 Å². The minimum absolute atomic E-state index is 0.388. The summed E-state index contributed by atoms with van der Waals surface area (Å²) in [5.74, 6) is 0. The molecule has 0 bridgehead atoms. The molecule has 0 fully saturated rings.